The lowest BCUT2D eigenvalue weighted by molar-refractivity contribution is -0.302. The first-order valence-corrected chi connectivity index (χ1v) is 33.5. The molecule has 0 aromatic rings. The maximum atomic E-state index is 13.1. The standard InChI is InChI=1S/C71H125NO8/c1-3-5-7-9-11-13-15-17-19-21-23-25-27-29-31-32-33-35-36-38-40-42-44-46-48-50-52-54-56-58-60-65(74)64(63-79-71-70(78)69(77)68(76)66(62-73)80-71)72-67(75)61-59-57-55-53-51-49-47-45-43-41-39-37-34-30-28-26-24-22-20-18-16-14-12-10-8-6-4-2/h6,8,12,14,18,20,24,26,30,34,39,41,45,47,58,60,64-66,68-71,73-74,76-78H,3-5,7,9-11,13,15-17,19,21-23,25,27-29,31-33,35-38,40,42-44,46,48-57,59,61-63H2,1-2H3,(H,72,75)/b8-6-,14-12-,20-18-,26-24-,34-30-,41-39-,47-45-,60-58+. The molecule has 1 rings (SSSR count). The Hall–Kier alpha value is -2.89. The molecule has 0 aromatic heterocycles. The van der Waals surface area contributed by atoms with Crippen molar-refractivity contribution in [1.82, 2.24) is 5.32 Å². The molecule has 0 aromatic carbocycles. The number of hydrogen-bond donors (Lipinski definition) is 6. The summed E-state index contributed by atoms with van der Waals surface area (Å²) in [4.78, 5) is 13.1. The number of hydrogen-bond acceptors (Lipinski definition) is 8. The van der Waals surface area contributed by atoms with Crippen LogP contribution in [0.4, 0.5) is 0 Å². The van der Waals surface area contributed by atoms with Gasteiger partial charge in [0.2, 0.25) is 5.91 Å². The molecule has 462 valence electrons. The molecule has 1 aliphatic heterocycles. The Morgan fingerprint density at radius 2 is 0.775 bits per heavy atom. The van der Waals surface area contributed by atoms with E-state index in [2.05, 4.69) is 104 Å². The van der Waals surface area contributed by atoms with Gasteiger partial charge in [0, 0.05) is 6.42 Å². The maximum Gasteiger partial charge on any atom is 0.220 e. The van der Waals surface area contributed by atoms with Crippen LogP contribution in [0.1, 0.15) is 290 Å². The van der Waals surface area contributed by atoms with E-state index < -0.39 is 49.5 Å². The van der Waals surface area contributed by atoms with E-state index in [1.54, 1.807) is 6.08 Å². The molecule has 9 heteroatoms. The number of rotatable bonds is 57. The first kappa shape index (κ1) is 75.1. The van der Waals surface area contributed by atoms with Gasteiger partial charge in [-0.15, -0.1) is 0 Å². The van der Waals surface area contributed by atoms with Gasteiger partial charge in [0.1, 0.15) is 24.4 Å². The fourth-order valence-electron chi connectivity index (χ4n) is 10.2. The van der Waals surface area contributed by atoms with Gasteiger partial charge in [-0.05, 0) is 77.0 Å². The van der Waals surface area contributed by atoms with Crippen LogP contribution in [-0.4, -0.2) is 87.5 Å². The lowest BCUT2D eigenvalue weighted by Crippen LogP contribution is -2.60. The van der Waals surface area contributed by atoms with Crippen molar-refractivity contribution in [2.75, 3.05) is 13.2 Å². The molecule has 0 bridgehead atoms. The average molecular weight is 1120 g/mol. The van der Waals surface area contributed by atoms with Gasteiger partial charge in [-0.3, -0.25) is 4.79 Å². The molecular weight excluding hydrogens is 995 g/mol. The van der Waals surface area contributed by atoms with Crippen LogP contribution in [0.3, 0.4) is 0 Å². The predicted octanol–water partition coefficient (Wildman–Crippen LogP) is 17.9. The molecule has 0 spiro atoms. The van der Waals surface area contributed by atoms with E-state index in [9.17, 15) is 30.3 Å². The number of unbranched alkanes of at least 4 members (excludes halogenated alkanes) is 33. The first-order chi connectivity index (χ1) is 39.3. The van der Waals surface area contributed by atoms with Gasteiger partial charge in [-0.2, -0.15) is 0 Å². The zero-order chi connectivity index (χ0) is 57.9. The highest BCUT2D eigenvalue weighted by atomic mass is 16.7. The second-order valence-electron chi connectivity index (χ2n) is 22.9. The third-order valence-electron chi connectivity index (χ3n) is 15.4. The zero-order valence-corrected chi connectivity index (χ0v) is 51.6. The van der Waals surface area contributed by atoms with E-state index in [0.29, 0.717) is 6.42 Å². The lowest BCUT2D eigenvalue weighted by Gasteiger charge is -2.40. The van der Waals surface area contributed by atoms with E-state index in [0.717, 1.165) is 103 Å². The molecule has 1 heterocycles. The third kappa shape index (κ3) is 47.6. The van der Waals surface area contributed by atoms with Crippen LogP contribution in [0.2, 0.25) is 0 Å². The number of carbonyl (C=O) groups is 1. The van der Waals surface area contributed by atoms with Gasteiger partial charge in [-0.1, -0.05) is 304 Å². The van der Waals surface area contributed by atoms with Crippen molar-refractivity contribution in [2.24, 2.45) is 0 Å². The van der Waals surface area contributed by atoms with Gasteiger partial charge in [0.05, 0.1) is 25.4 Å². The quantitative estimate of drug-likeness (QED) is 0.0261. The molecule has 80 heavy (non-hydrogen) atoms. The molecule has 1 amide bonds. The number of ether oxygens (including phenoxy) is 2. The Morgan fingerprint density at radius 1 is 0.438 bits per heavy atom. The minimum Gasteiger partial charge on any atom is -0.394 e. The van der Waals surface area contributed by atoms with E-state index >= 15 is 0 Å². The van der Waals surface area contributed by atoms with E-state index in [1.165, 1.54) is 167 Å². The van der Waals surface area contributed by atoms with Crippen molar-refractivity contribution in [1.29, 1.82) is 0 Å². The topological polar surface area (TPSA) is 149 Å². The number of amides is 1. The summed E-state index contributed by atoms with van der Waals surface area (Å²) in [6.45, 7) is 3.68. The summed E-state index contributed by atoms with van der Waals surface area (Å²) in [5.74, 6) is -0.196. The Labute approximate surface area is 492 Å². The van der Waals surface area contributed by atoms with Crippen LogP contribution in [0.15, 0.2) is 97.2 Å². The van der Waals surface area contributed by atoms with Crippen LogP contribution in [0.25, 0.3) is 0 Å². The Bertz CT molecular complexity index is 1580. The Morgan fingerprint density at radius 3 is 1.15 bits per heavy atom. The Kier molecular flexibility index (Phi) is 55.7. The average Bonchev–Trinajstić information content (AvgIpc) is 3.46. The van der Waals surface area contributed by atoms with Crippen LogP contribution < -0.4 is 5.32 Å². The zero-order valence-electron chi connectivity index (χ0n) is 51.6. The molecule has 0 radical (unpaired) electrons. The number of allylic oxidation sites excluding steroid dienone is 15. The van der Waals surface area contributed by atoms with Gasteiger partial charge < -0.3 is 40.3 Å². The van der Waals surface area contributed by atoms with Crippen molar-refractivity contribution < 1.29 is 39.8 Å². The summed E-state index contributed by atoms with van der Waals surface area (Å²) in [5, 5.41) is 54.7. The molecular formula is C71H125NO8. The first-order valence-electron chi connectivity index (χ1n) is 33.5. The van der Waals surface area contributed by atoms with Gasteiger partial charge in [0.15, 0.2) is 6.29 Å². The SMILES string of the molecule is CC/C=C\C/C=C\C/C=C\C/C=C\C/C=C\C/C=C\C/C=C\CCCCCCCC(=O)NC(COC1OC(CO)C(O)C(O)C1O)C(O)/C=C/CCCCCCCCCCCCCCCCCCCCCCCCCCCCCC. The Balaban J connectivity index is 2.19. The highest BCUT2D eigenvalue weighted by molar-refractivity contribution is 5.76. The van der Waals surface area contributed by atoms with Crippen LogP contribution >= 0.6 is 0 Å². The van der Waals surface area contributed by atoms with E-state index in [1.807, 2.05) is 6.08 Å². The maximum absolute atomic E-state index is 13.1. The fraction of sp³-hybridized carbons (Fsp3) is 0.761. The van der Waals surface area contributed by atoms with Crippen LogP contribution in [0.5, 0.6) is 0 Å². The van der Waals surface area contributed by atoms with Gasteiger partial charge in [0.25, 0.3) is 0 Å². The predicted molar refractivity (Wildman–Crippen MR) is 341 cm³/mol. The van der Waals surface area contributed by atoms with Gasteiger partial charge in [-0.25, -0.2) is 0 Å². The largest absolute Gasteiger partial charge is 0.394 e. The second kappa shape index (κ2) is 59.3. The molecule has 0 aliphatic carbocycles. The summed E-state index contributed by atoms with van der Waals surface area (Å²) in [7, 11) is 0. The third-order valence-corrected chi connectivity index (χ3v) is 15.4. The van der Waals surface area contributed by atoms with E-state index in [-0.39, 0.29) is 12.5 Å². The van der Waals surface area contributed by atoms with Crippen molar-refractivity contribution in [3.63, 3.8) is 0 Å². The minimum atomic E-state index is -1.58. The van der Waals surface area contributed by atoms with Gasteiger partial charge >= 0.3 is 0 Å². The summed E-state index contributed by atoms with van der Waals surface area (Å²) >= 11 is 0. The smallest absolute Gasteiger partial charge is 0.220 e. The van der Waals surface area contributed by atoms with E-state index in [4.69, 9.17) is 9.47 Å². The lowest BCUT2D eigenvalue weighted by atomic mass is 9.99. The fourth-order valence-corrected chi connectivity index (χ4v) is 10.2. The number of carbonyl (C=O) groups excluding carboxylic acids is 1. The molecule has 1 aliphatic rings. The van der Waals surface area contributed by atoms with Crippen molar-refractivity contribution in [2.45, 2.75) is 333 Å². The molecule has 1 fully saturated rings. The number of aliphatic hydroxyl groups excluding tert-OH is 5. The molecule has 0 saturated carbocycles. The normalized spacial score (nSPS) is 19.1. The number of aliphatic hydroxyl groups is 5. The summed E-state index contributed by atoms with van der Waals surface area (Å²) < 4.78 is 11.3. The minimum absolute atomic E-state index is 0.196. The molecule has 1 saturated heterocycles. The molecule has 7 atom stereocenters. The summed E-state index contributed by atoms with van der Waals surface area (Å²) in [6.07, 6.45) is 79.2. The monoisotopic (exact) mass is 1120 g/mol. The van der Waals surface area contributed by atoms with Crippen LogP contribution in [-0.2, 0) is 14.3 Å². The molecule has 6 N–H and O–H groups in total. The van der Waals surface area contributed by atoms with Crippen molar-refractivity contribution >= 4 is 5.91 Å². The van der Waals surface area contributed by atoms with Crippen molar-refractivity contribution in [3.8, 4) is 0 Å². The molecule has 9 nitrogen and oxygen atoms in total. The highest BCUT2D eigenvalue weighted by Gasteiger charge is 2.44. The van der Waals surface area contributed by atoms with Crippen LogP contribution in [0, 0.1) is 0 Å². The molecule has 7 unspecified atom stereocenters. The summed E-state index contributed by atoms with van der Waals surface area (Å²) in [5.41, 5.74) is 0. The summed E-state index contributed by atoms with van der Waals surface area (Å²) in [6, 6.07) is -0.825. The second-order valence-corrected chi connectivity index (χ2v) is 22.9. The van der Waals surface area contributed by atoms with Crippen molar-refractivity contribution in [3.05, 3.63) is 97.2 Å². The number of nitrogens with one attached hydrogen (secondary N) is 1. The highest BCUT2D eigenvalue weighted by Crippen LogP contribution is 2.23.